The number of carbonyl (C=O) groups is 1. The van der Waals surface area contributed by atoms with Gasteiger partial charge in [0.2, 0.25) is 5.28 Å². The third kappa shape index (κ3) is 3.36. The summed E-state index contributed by atoms with van der Waals surface area (Å²) in [5.41, 5.74) is -0.910. The van der Waals surface area contributed by atoms with Crippen LogP contribution in [-0.4, -0.2) is 45.3 Å². The monoisotopic (exact) mass is 413 g/mol. The van der Waals surface area contributed by atoms with Crippen LogP contribution in [0.5, 0.6) is 0 Å². The van der Waals surface area contributed by atoms with Crippen molar-refractivity contribution in [2.24, 2.45) is 5.92 Å². The molecule has 3 heterocycles. The Morgan fingerprint density at radius 2 is 2.15 bits per heavy atom. The maximum absolute atomic E-state index is 14.3. The van der Waals surface area contributed by atoms with Gasteiger partial charge in [0, 0.05) is 25.2 Å². The van der Waals surface area contributed by atoms with Crippen LogP contribution in [0.3, 0.4) is 0 Å². The van der Waals surface area contributed by atoms with Crippen LogP contribution >= 0.6 is 23.2 Å². The molecule has 27 heavy (non-hydrogen) atoms. The number of ether oxygens (including phenoxy) is 1. The molecule has 0 radical (unpaired) electrons. The molecule has 10 heteroatoms. The largest absolute Gasteiger partial charge is 0.444 e. The molecule has 0 bridgehead atoms. The van der Waals surface area contributed by atoms with E-state index in [1.165, 1.54) is 6.20 Å². The number of anilines is 1. The van der Waals surface area contributed by atoms with Crippen LogP contribution in [0.4, 0.5) is 15.0 Å². The third-order valence-electron chi connectivity index (χ3n) is 4.79. The number of hydrogen-bond donors (Lipinski definition) is 1. The van der Waals surface area contributed by atoms with Crippen LogP contribution in [0.2, 0.25) is 10.4 Å². The Balaban J connectivity index is 1.60. The number of nitrogens with zero attached hydrogens (tertiary/aromatic N) is 4. The number of amides is 1. The summed E-state index contributed by atoms with van der Waals surface area (Å²) in [5.74, 6) is 0.00946. The summed E-state index contributed by atoms with van der Waals surface area (Å²) < 4.78 is 19.7. The van der Waals surface area contributed by atoms with Crippen molar-refractivity contribution < 1.29 is 13.9 Å². The van der Waals surface area contributed by atoms with Gasteiger partial charge in [0.05, 0.1) is 10.9 Å². The van der Waals surface area contributed by atoms with Crippen LogP contribution in [0.25, 0.3) is 10.9 Å². The van der Waals surface area contributed by atoms with E-state index < -0.39 is 17.5 Å². The minimum atomic E-state index is -0.731. The van der Waals surface area contributed by atoms with Crippen molar-refractivity contribution in [2.75, 3.05) is 18.0 Å². The Morgan fingerprint density at radius 1 is 1.41 bits per heavy atom. The number of pyridine rings is 1. The summed E-state index contributed by atoms with van der Waals surface area (Å²) in [7, 11) is 0. The molecule has 1 N–H and O–H groups in total. The van der Waals surface area contributed by atoms with Crippen molar-refractivity contribution in [3.63, 3.8) is 0 Å². The van der Waals surface area contributed by atoms with Gasteiger partial charge in [-0.2, -0.15) is 4.98 Å². The molecule has 1 amide bonds. The van der Waals surface area contributed by atoms with Crippen LogP contribution < -0.4 is 10.2 Å². The quantitative estimate of drug-likeness (QED) is 0.598. The molecule has 2 aliphatic rings. The highest BCUT2D eigenvalue weighted by atomic mass is 35.5. The molecule has 2 atom stereocenters. The number of fused-ring (bicyclic) bond motifs is 2. The first-order valence-electron chi connectivity index (χ1n) is 8.51. The highest BCUT2D eigenvalue weighted by Gasteiger charge is 2.61. The lowest BCUT2D eigenvalue weighted by atomic mass is 10.2. The predicted molar refractivity (Wildman–Crippen MR) is 99.7 cm³/mol. The van der Waals surface area contributed by atoms with E-state index in [4.69, 9.17) is 27.9 Å². The van der Waals surface area contributed by atoms with Crippen LogP contribution in [0.15, 0.2) is 6.20 Å². The van der Waals surface area contributed by atoms with Crippen molar-refractivity contribution in [3.8, 4) is 0 Å². The second-order valence-electron chi connectivity index (χ2n) is 8.01. The van der Waals surface area contributed by atoms with Crippen molar-refractivity contribution in [1.82, 2.24) is 20.3 Å². The van der Waals surface area contributed by atoms with E-state index in [0.29, 0.717) is 24.3 Å². The average Bonchev–Trinajstić information content (AvgIpc) is 3.08. The Morgan fingerprint density at radius 3 is 2.85 bits per heavy atom. The average molecular weight is 414 g/mol. The van der Waals surface area contributed by atoms with Gasteiger partial charge in [-0.15, -0.1) is 0 Å². The summed E-state index contributed by atoms with van der Waals surface area (Å²) in [6.07, 6.45) is 1.85. The van der Waals surface area contributed by atoms with E-state index in [2.05, 4.69) is 20.3 Å². The van der Waals surface area contributed by atoms with E-state index in [1.54, 1.807) is 0 Å². The molecular formula is C17H18Cl2FN5O2. The van der Waals surface area contributed by atoms with Crippen LogP contribution in [-0.2, 0) is 4.74 Å². The highest BCUT2D eigenvalue weighted by Crippen LogP contribution is 2.51. The Labute approximate surface area is 165 Å². The Hall–Kier alpha value is -1.93. The minimum Gasteiger partial charge on any atom is -0.444 e. The van der Waals surface area contributed by atoms with E-state index >= 15 is 0 Å². The smallest absolute Gasteiger partial charge is 0.408 e. The minimum absolute atomic E-state index is 0.0275. The summed E-state index contributed by atoms with van der Waals surface area (Å²) >= 11 is 11.7. The third-order valence-corrected chi connectivity index (χ3v) is 5.22. The van der Waals surface area contributed by atoms with Gasteiger partial charge in [-0.25, -0.2) is 19.2 Å². The molecule has 4 rings (SSSR count). The maximum atomic E-state index is 14.3. The van der Waals surface area contributed by atoms with Crippen molar-refractivity contribution in [2.45, 2.75) is 38.3 Å². The molecule has 0 spiro atoms. The second-order valence-corrected chi connectivity index (χ2v) is 8.70. The summed E-state index contributed by atoms with van der Waals surface area (Å²) in [5, 5.41) is 3.06. The lowest BCUT2D eigenvalue weighted by Gasteiger charge is -2.25. The molecule has 7 nitrogen and oxygen atoms in total. The fourth-order valence-electron chi connectivity index (χ4n) is 3.58. The molecular weight excluding hydrogens is 396 g/mol. The van der Waals surface area contributed by atoms with Gasteiger partial charge in [-0.1, -0.05) is 11.6 Å². The van der Waals surface area contributed by atoms with Gasteiger partial charge in [0.25, 0.3) is 0 Å². The van der Waals surface area contributed by atoms with Crippen molar-refractivity contribution in [1.29, 1.82) is 0 Å². The molecule has 0 unspecified atom stereocenters. The van der Waals surface area contributed by atoms with Gasteiger partial charge in [0.1, 0.15) is 16.9 Å². The summed E-state index contributed by atoms with van der Waals surface area (Å²) in [6.45, 7) is 6.62. The SMILES string of the molecule is CC(C)(C)OC(=O)N[C@]12C[C@H]1CN(c1nc(Cl)nc3c(F)c(Cl)ncc13)C2. The number of alkyl carbamates (subject to hydrolysis) is 1. The Kier molecular flexibility index (Phi) is 4.12. The van der Waals surface area contributed by atoms with E-state index in [0.717, 1.165) is 6.42 Å². The van der Waals surface area contributed by atoms with Crippen molar-refractivity contribution in [3.05, 3.63) is 22.5 Å². The highest BCUT2D eigenvalue weighted by molar-refractivity contribution is 6.30. The topological polar surface area (TPSA) is 80.2 Å². The van der Waals surface area contributed by atoms with Crippen LogP contribution in [0.1, 0.15) is 27.2 Å². The first-order valence-corrected chi connectivity index (χ1v) is 9.27. The van der Waals surface area contributed by atoms with Crippen molar-refractivity contribution >= 4 is 46.0 Å². The molecule has 144 valence electrons. The zero-order chi connectivity index (χ0) is 19.6. The lowest BCUT2D eigenvalue weighted by Crippen LogP contribution is -2.44. The maximum Gasteiger partial charge on any atom is 0.408 e. The van der Waals surface area contributed by atoms with Gasteiger partial charge >= 0.3 is 6.09 Å². The summed E-state index contributed by atoms with van der Waals surface area (Å²) in [6, 6.07) is 0. The first-order chi connectivity index (χ1) is 12.6. The summed E-state index contributed by atoms with van der Waals surface area (Å²) in [4.78, 5) is 26.2. The van der Waals surface area contributed by atoms with Gasteiger partial charge < -0.3 is 15.0 Å². The van der Waals surface area contributed by atoms with Gasteiger partial charge in [-0.05, 0) is 38.8 Å². The second kappa shape index (κ2) is 6.04. The molecule has 1 aliphatic heterocycles. The van der Waals surface area contributed by atoms with E-state index in [-0.39, 0.29) is 27.4 Å². The lowest BCUT2D eigenvalue weighted by molar-refractivity contribution is 0.0498. The molecule has 1 aliphatic carbocycles. The van der Waals surface area contributed by atoms with E-state index in [1.807, 2.05) is 25.7 Å². The number of piperidine rings is 1. The Bertz CT molecular complexity index is 951. The molecule has 1 saturated carbocycles. The molecule has 0 aromatic carbocycles. The standard InChI is InChI=1S/C17H18Cl2FN5O2/c1-16(2,3)27-15(26)24-17-4-8(17)6-25(7-17)13-9-5-21-12(18)10(20)11(9)22-14(19)23-13/h5,8H,4,6-7H2,1-3H3,(H,24,26)/t8-,17-/m0/s1. The number of nitrogens with one attached hydrogen (secondary N) is 1. The number of rotatable bonds is 2. The predicted octanol–water partition coefficient (Wildman–Crippen LogP) is 3.57. The number of hydrogen-bond acceptors (Lipinski definition) is 6. The zero-order valence-corrected chi connectivity index (χ0v) is 16.5. The fourth-order valence-corrected chi connectivity index (χ4v) is 3.88. The molecule has 1 saturated heterocycles. The van der Waals surface area contributed by atoms with Gasteiger partial charge in [0.15, 0.2) is 11.0 Å². The van der Waals surface area contributed by atoms with Crippen LogP contribution in [0, 0.1) is 11.7 Å². The molecule has 2 aromatic heterocycles. The number of aromatic nitrogens is 3. The number of carbonyl (C=O) groups excluding carboxylic acids is 1. The normalized spacial score (nSPS) is 24.1. The first kappa shape index (κ1) is 18.4. The zero-order valence-electron chi connectivity index (χ0n) is 15.0. The number of halogens is 3. The fraction of sp³-hybridized carbons (Fsp3) is 0.529. The van der Waals surface area contributed by atoms with Gasteiger partial charge in [-0.3, -0.25) is 0 Å². The van der Waals surface area contributed by atoms with E-state index in [9.17, 15) is 9.18 Å². The molecule has 2 aromatic rings. The molecule has 2 fully saturated rings.